The van der Waals surface area contributed by atoms with Crippen molar-refractivity contribution in [1.29, 1.82) is 0 Å². The van der Waals surface area contributed by atoms with Crippen LogP contribution >= 0.6 is 0 Å². The standard InChI is InChI=1S/C19H18N8O2/c1-12-21-17(27-9-8-20-13(27)2)10-18(22-12)29-15-6-4-14(5-7-15)23-19(28)16-11-26(3)25-24-16/h4-11H,1-3H3,(H,23,28). The van der Waals surface area contributed by atoms with Gasteiger partial charge >= 0.3 is 0 Å². The fraction of sp³-hybridized carbons (Fsp3) is 0.158. The third-order valence-corrected chi connectivity index (χ3v) is 4.04. The Morgan fingerprint density at radius 2 is 1.93 bits per heavy atom. The molecule has 0 aliphatic carbocycles. The number of rotatable bonds is 5. The molecule has 0 saturated heterocycles. The lowest BCUT2D eigenvalue weighted by atomic mass is 10.3. The third kappa shape index (κ3) is 4.10. The van der Waals surface area contributed by atoms with E-state index in [0.29, 0.717) is 29.0 Å². The Hall–Kier alpha value is -4.08. The van der Waals surface area contributed by atoms with Crippen molar-refractivity contribution in [2.75, 3.05) is 5.32 Å². The molecule has 3 aromatic heterocycles. The Morgan fingerprint density at radius 1 is 1.14 bits per heavy atom. The lowest BCUT2D eigenvalue weighted by molar-refractivity contribution is 0.102. The summed E-state index contributed by atoms with van der Waals surface area (Å²) in [6, 6.07) is 8.69. The average molecular weight is 390 g/mol. The second-order valence-electron chi connectivity index (χ2n) is 6.31. The number of carbonyl (C=O) groups excluding carboxylic acids is 1. The topological polar surface area (TPSA) is 113 Å². The van der Waals surface area contributed by atoms with Crippen LogP contribution in [0.5, 0.6) is 11.6 Å². The number of anilines is 1. The van der Waals surface area contributed by atoms with Crippen molar-refractivity contribution in [2.24, 2.45) is 7.05 Å². The van der Waals surface area contributed by atoms with Crippen LogP contribution in [0.15, 0.2) is 48.9 Å². The van der Waals surface area contributed by atoms with Gasteiger partial charge in [0.15, 0.2) is 5.69 Å². The molecule has 1 aromatic carbocycles. The quantitative estimate of drug-likeness (QED) is 0.557. The van der Waals surface area contributed by atoms with E-state index < -0.39 is 0 Å². The lowest BCUT2D eigenvalue weighted by Gasteiger charge is -2.10. The van der Waals surface area contributed by atoms with Gasteiger partial charge in [-0.05, 0) is 38.1 Å². The minimum absolute atomic E-state index is 0.242. The summed E-state index contributed by atoms with van der Waals surface area (Å²) >= 11 is 0. The minimum atomic E-state index is -0.335. The molecule has 0 aliphatic heterocycles. The molecular weight excluding hydrogens is 372 g/mol. The van der Waals surface area contributed by atoms with Gasteiger partial charge in [-0.15, -0.1) is 5.10 Å². The molecule has 146 valence electrons. The van der Waals surface area contributed by atoms with Gasteiger partial charge in [0.1, 0.15) is 23.2 Å². The van der Waals surface area contributed by atoms with Gasteiger partial charge in [-0.25, -0.2) is 9.97 Å². The van der Waals surface area contributed by atoms with Crippen LogP contribution in [0.4, 0.5) is 5.69 Å². The zero-order valence-electron chi connectivity index (χ0n) is 16.1. The normalized spacial score (nSPS) is 10.7. The number of ether oxygens (including phenoxy) is 1. The summed E-state index contributed by atoms with van der Waals surface area (Å²) < 4.78 is 9.18. The van der Waals surface area contributed by atoms with Gasteiger partial charge in [-0.2, -0.15) is 4.98 Å². The summed E-state index contributed by atoms with van der Waals surface area (Å²) in [6.07, 6.45) is 5.08. The monoisotopic (exact) mass is 390 g/mol. The Kier molecular flexibility index (Phi) is 4.73. The Balaban J connectivity index is 1.48. The van der Waals surface area contributed by atoms with Crippen LogP contribution in [-0.2, 0) is 7.05 Å². The van der Waals surface area contributed by atoms with Crippen molar-refractivity contribution in [3.63, 3.8) is 0 Å². The predicted octanol–water partition coefficient (Wildman–Crippen LogP) is 2.45. The van der Waals surface area contributed by atoms with Gasteiger partial charge < -0.3 is 10.1 Å². The number of nitrogens with zero attached hydrogens (tertiary/aromatic N) is 7. The molecule has 1 amide bonds. The molecule has 29 heavy (non-hydrogen) atoms. The summed E-state index contributed by atoms with van der Waals surface area (Å²) in [7, 11) is 1.70. The van der Waals surface area contributed by atoms with Crippen molar-refractivity contribution < 1.29 is 9.53 Å². The maximum absolute atomic E-state index is 12.1. The molecule has 10 nitrogen and oxygen atoms in total. The number of amides is 1. The number of hydrogen-bond donors (Lipinski definition) is 1. The van der Waals surface area contributed by atoms with Gasteiger partial charge in [0.2, 0.25) is 5.88 Å². The zero-order chi connectivity index (χ0) is 20.4. The van der Waals surface area contributed by atoms with Crippen LogP contribution in [0.25, 0.3) is 5.82 Å². The molecule has 1 N–H and O–H groups in total. The lowest BCUT2D eigenvalue weighted by Crippen LogP contribution is -2.12. The summed E-state index contributed by atoms with van der Waals surface area (Å²) in [4.78, 5) is 25.1. The number of carbonyl (C=O) groups is 1. The highest BCUT2D eigenvalue weighted by Gasteiger charge is 2.11. The van der Waals surface area contributed by atoms with Crippen molar-refractivity contribution in [2.45, 2.75) is 13.8 Å². The van der Waals surface area contributed by atoms with Crippen LogP contribution in [0.2, 0.25) is 0 Å². The highest BCUT2D eigenvalue weighted by atomic mass is 16.5. The largest absolute Gasteiger partial charge is 0.439 e. The molecule has 4 rings (SSSR count). The van der Waals surface area contributed by atoms with E-state index in [1.165, 1.54) is 4.68 Å². The van der Waals surface area contributed by atoms with E-state index in [1.807, 2.05) is 17.7 Å². The Morgan fingerprint density at radius 3 is 2.59 bits per heavy atom. The second kappa shape index (κ2) is 7.50. The van der Waals surface area contributed by atoms with Gasteiger partial charge in [0.25, 0.3) is 5.91 Å². The summed E-state index contributed by atoms with van der Waals surface area (Å²) in [5, 5.41) is 10.3. The maximum atomic E-state index is 12.1. The summed E-state index contributed by atoms with van der Waals surface area (Å²) in [5.74, 6) is 2.73. The van der Waals surface area contributed by atoms with Crippen LogP contribution < -0.4 is 10.1 Å². The van der Waals surface area contributed by atoms with Gasteiger partial charge in [-0.3, -0.25) is 14.0 Å². The molecule has 0 fully saturated rings. The second-order valence-corrected chi connectivity index (χ2v) is 6.31. The van der Waals surface area contributed by atoms with Crippen LogP contribution in [-0.4, -0.2) is 40.4 Å². The van der Waals surface area contributed by atoms with E-state index >= 15 is 0 Å². The number of nitrogens with one attached hydrogen (secondary N) is 1. The molecule has 10 heteroatoms. The smallest absolute Gasteiger partial charge is 0.277 e. The molecule has 0 spiro atoms. The summed E-state index contributed by atoms with van der Waals surface area (Å²) in [6.45, 7) is 3.69. The van der Waals surface area contributed by atoms with E-state index in [2.05, 4.69) is 30.6 Å². The first kappa shape index (κ1) is 18.3. The predicted molar refractivity (Wildman–Crippen MR) is 104 cm³/mol. The minimum Gasteiger partial charge on any atom is -0.439 e. The molecule has 0 saturated carbocycles. The molecule has 0 bridgehead atoms. The third-order valence-electron chi connectivity index (χ3n) is 4.04. The van der Waals surface area contributed by atoms with E-state index in [0.717, 1.165) is 5.82 Å². The Labute approximate surface area is 166 Å². The highest BCUT2D eigenvalue weighted by molar-refractivity contribution is 6.02. The van der Waals surface area contributed by atoms with Gasteiger partial charge in [0, 0.05) is 31.2 Å². The van der Waals surface area contributed by atoms with E-state index in [4.69, 9.17) is 4.74 Å². The number of aromatic nitrogens is 7. The molecule has 0 unspecified atom stereocenters. The highest BCUT2D eigenvalue weighted by Crippen LogP contribution is 2.23. The molecule has 0 aliphatic rings. The molecular formula is C19H18N8O2. The average Bonchev–Trinajstić information content (AvgIpc) is 3.31. The number of benzene rings is 1. The van der Waals surface area contributed by atoms with Crippen LogP contribution in [0.3, 0.4) is 0 Å². The fourth-order valence-electron chi connectivity index (χ4n) is 2.69. The Bertz CT molecular complexity index is 1160. The molecule has 4 aromatic rings. The zero-order valence-corrected chi connectivity index (χ0v) is 16.1. The number of aryl methyl sites for hydroxylation is 3. The molecule has 0 atom stereocenters. The number of imidazole rings is 1. The first-order valence-corrected chi connectivity index (χ1v) is 8.79. The summed E-state index contributed by atoms with van der Waals surface area (Å²) in [5.41, 5.74) is 0.855. The van der Waals surface area contributed by atoms with Crippen LogP contribution in [0.1, 0.15) is 22.1 Å². The van der Waals surface area contributed by atoms with Crippen LogP contribution in [0, 0.1) is 13.8 Å². The fourth-order valence-corrected chi connectivity index (χ4v) is 2.69. The van der Waals surface area contributed by atoms with Crippen molar-refractivity contribution in [3.05, 3.63) is 66.3 Å². The molecule has 0 radical (unpaired) electrons. The SMILES string of the molecule is Cc1nc(Oc2ccc(NC(=O)c3cn(C)nn3)cc2)cc(-n2ccnc2C)n1. The van der Waals surface area contributed by atoms with Crippen molar-refractivity contribution in [3.8, 4) is 17.4 Å². The van der Waals surface area contributed by atoms with Crippen molar-refractivity contribution in [1.82, 2.24) is 34.5 Å². The first-order chi connectivity index (χ1) is 14.0. The van der Waals surface area contributed by atoms with E-state index in [9.17, 15) is 4.79 Å². The van der Waals surface area contributed by atoms with E-state index in [-0.39, 0.29) is 11.6 Å². The maximum Gasteiger partial charge on any atom is 0.277 e. The van der Waals surface area contributed by atoms with Gasteiger partial charge in [0.05, 0.1) is 6.20 Å². The number of hydrogen-bond acceptors (Lipinski definition) is 7. The van der Waals surface area contributed by atoms with Gasteiger partial charge in [-0.1, -0.05) is 5.21 Å². The van der Waals surface area contributed by atoms with Crippen molar-refractivity contribution >= 4 is 11.6 Å². The molecule has 3 heterocycles. The first-order valence-electron chi connectivity index (χ1n) is 8.79. The van der Waals surface area contributed by atoms with E-state index in [1.54, 1.807) is 56.7 Å².